The van der Waals surface area contributed by atoms with Gasteiger partial charge in [0.25, 0.3) is 5.91 Å². The molecule has 0 saturated carbocycles. The molecule has 6 nitrogen and oxygen atoms in total. The molecule has 0 aliphatic rings. The van der Waals surface area contributed by atoms with Gasteiger partial charge in [0.1, 0.15) is 22.9 Å². The third kappa shape index (κ3) is 8.73. The number of rotatable bonds is 13. The predicted molar refractivity (Wildman–Crippen MR) is 136 cm³/mol. The third-order valence-electron chi connectivity index (χ3n) is 5.90. The Labute approximate surface area is 223 Å². The first-order valence-corrected chi connectivity index (χ1v) is 12.4. The summed E-state index contributed by atoms with van der Waals surface area (Å²) in [6.45, 7) is 1.93. The number of carbonyl (C=O) groups is 2. The number of hydrogen-bond acceptors (Lipinski definition) is 4. The van der Waals surface area contributed by atoms with Crippen molar-refractivity contribution >= 4 is 11.9 Å². The topological polar surface area (TPSA) is 76.1 Å². The van der Waals surface area contributed by atoms with Gasteiger partial charge in [0, 0.05) is 25.1 Å². The Balaban J connectivity index is 1.59. The van der Waals surface area contributed by atoms with Crippen LogP contribution in [0.25, 0.3) is 0 Å². The van der Waals surface area contributed by atoms with Crippen LogP contribution in [0.4, 0.5) is 17.6 Å². The molecule has 0 unspecified atom stereocenters. The van der Waals surface area contributed by atoms with E-state index in [4.69, 9.17) is 9.47 Å². The number of carboxylic acid groups (broad SMARTS) is 1. The number of carboxylic acids is 1. The van der Waals surface area contributed by atoms with E-state index in [9.17, 15) is 32.3 Å². The second kappa shape index (κ2) is 13.6. The van der Waals surface area contributed by atoms with E-state index in [1.807, 2.05) is 13.0 Å². The van der Waals surface area contributed by atoms with E-state index in [0.717, 1.165) is 24.1 Å². The van der Waals surface area contributed by atoms with Crippen LogP contribution in [-0.2, 0) is 23.9 Å². The van der Waals surface area contributed by atoms with Gasteiger partial charge in [0.15, 0.2) is 6.61 Å². The molecule has 0 aliphatic heterocycles. The minimum Gasteiger partial charge on any atom is -0.492 e. The van der Waals surface area contributed by atoms with Gasteiger partial charge in [-0.1, -0.05) is 43.7 Å². The number of carbonyl (C=O) groups excluding carboxylic acids is 1. The molecule has 0 aromatic heterocycles. The Hall–Kier alpha value is -4.08. The number of ether oxygens (including phenoxy) is 2. The quantitative estimate of drug-likeness (QED) is 0.252. The van der Waals surface area contributed by atoms with Gasteiger partial charge >= 0.3 is 12.1 Å². The smallest absolute Gasteiger partial charge is 0.416 e. The van der Waals surface area contributed by atoms with E-state index in [2.05, 4.69) is 0 Å². The number of para-hydroxylation sites is 1. The highest BCUT2D eigenvalue weighted by Crippen LogP contribution is 2.30. The number of aromatic carboxylic acids is 1. The van der Waals surface area contributed by atoms with Crippen molar-refractivity contribution in [2.75, 3.05) is 19.8 Å². The van der Waals surface area contributed by atoms with Crippen LogP contribution in [0.1, 0.15) is 46.8 Å². The SMILES string of the molecule is CCCCN(Cc1ccc(C(F)(F)F)cc1F)C(=O)COc1cccc(CCOc2ccccc2C(=O)O)c1. The summed E-state index contributed by atoms with van der Waals surface area (Å²) in [6.07, 6.45) is -2.81. The summed E-state index contributed by atoms with van der Waals surface area (Å²) >= 11 is 0. The molecule has 0 heterocycles. The summed E-state index contributed by atoms with van der Waals surface area (Å²) in [5.74, 6) is -1.86. The van der Waals surface area contributed by atoms with Gasteiger partial charge in [-0.3, -0.25) is 4.79 Å². The lowest BCUT2D eigenvalue weighted by molar-refractivity contribution is -0.138. The van der Waals surface area contributed by atoms with Crippen LogP contribution in [0.5, 0.6) is 11.5 Å². The molecule has 3 aromatic carbocycles. The molecule has 0 atom stereocenters. The second-order valence-corrected chi connectivity index (χ2v) is 8.81. The first-order chi connectivity index (χ1) is 18.6. The molecule has 0 bridgehead atoms. The van der Waals surface area contributed by atoms with Crippen LogP contribution >= 0.6 is 0 Å². The molecule has 0 radical (unpaired) electrons. The van der Waals surface area contributed by atoms with Crippen LogP contribution in [0.3, 0.4) is 0 Å². The zero-order chi connectivity index (χ0) is 28.4. The van der Waals surface area contributed by atoms with E-state index in [1.165, 1.54) is 11.0 Å². The molecule has 208 valence electrons. The lowest BCUT2D eigenvalue weighted by Gasteiger charge is -2.23. The van der Waals surface area contributed by atoms with Crippen molar-refractivity contribution in [3.63, 3.8) is 0 Å². The lowest BCUT2D eigenvalue weighted by atomic mass is 10.1. The average Bonchev–Trinajstić information content (AvgIpc) is 2.90. The number of halogens is 4. The van der Waals surface area contributed by atoms with Crippen molar-refractivity contribution in [1.82, 2.24) is 4.90 Å². The Kier molecular flexibility index (Phi) is 10.3. The minimum atomic E-state index is -4.66. The fourth-order valence-electron chi connectivity index (χ4n) is 3.77. The normalized spacial score (nSPS) is 11.2. The van der Waals surface area contributed by atoms with Crippen LogP contribution in [-0.4, -0.2) is 41.6 Å². The lowest BCUT2D eigenvalue weighted by Crippen LogP contribution is -2.35. The van der Waals surface area contributed by atoms with Crippen molar-refractivity contribution in [1.29, 1.82) is 0 Å². The number of nitrogens with zero attached hydrogens (tertiary/aromatic N) is 1. The first-order valence-electron chi connectivity index (χ1n) is 12.4. The van der Waals surface area contributed by atoms with Crippen LogP contribution in [0.15, 0.2) is 66.7 Å². The third-order valence-corrected chi connectivity index (χ3v) is 5.90. The molecule has 39 heavy (non-hydrogen) atoms. The fourth-order valence-corrected chi connectivity index (χ4v) is 3.77. The van der Waals surface area contributed by atoms with Gasteiger partial charge < -0.3 is 19.5 Å². The Bertz CT molecular complexity index is 1280. The van der Waals surface area contributed by atoms with Gasteiger partial charge in [0.05, 0.1) is 12.2 Å². The molecule has 3 rings (SSSR count). The first kappa shape index (κ1) is 29.5. The largest absolute Gasteiger partial charge is 0.492 e. The predicted octanol–water partition coefficient (Wildman–Crippen LogP) is 6.37. The Morgan fingerprint density at radius 1 is 0.974 bits per heavy atom. The summed E-state index contributed by atoms with van der Waals surface area (Å²) in [5.41, 5.74) is -0.201. The molecular formula is C29H29F4NO5. The zero-order valence-corrected chi connectivity index (χ0v) is 21.3. The van der Waals surface area contributed by atoms with E-state index in [-0.39, 0.29) is 36.6 Å². The summed E-state index contributed by atoms with van der Waals surface area (Å²) in [5, 5.41) is 9.26. The molecule has 0 aliphatic carbocycles. The summed E-state index contributed by atoms with van der Waals surface area (Å²) in [4.78, 5) is 25.6. The van der Waals surface area contributed by atoms with Crippen molar-refractivity contribution in [3.05, 3.63) is 94.8 Å². The summed E-state index contributed by atoms with van der Waals surface area (Å²) in [6, 6.07) is 15.6. The maximum absolute atomic E-state index is 14.4. The van der Waals surface area contributed by atoms with Gasteiger partial charge in [-0.15, -0.1) is 0 Å². The van der Waals surface area contributed by atoms with Crippen LogP contribution in [0.2, 0.25) is 0 Å². The number of alkyl halides is 3. The van der Waals surface area contributed by atoms with Gasteiger partial charge in [-0.2, -0.15) is 13.2 Å². The van der Waals surface area contributed by atoms with Gasteiger partial charge in [-0.05, 0) is 48.4 Å². The van der Waals surface area contributed by atoms with Crippen molar-refractivity contribution < 1.29 is 41.7 Å². The van der Waals surface area contributed by atoms with E-state index in [1.54, 1.807) is 36.4 Å². The molecule has 1 amide bonds. The zero-order valence-electron chi connectivity index (χ0n) is 21.3. The standard InChI is InChI=1S/C29H29F4NO5/c1-2-3-14-34(18-21-11-12-22(17-25(21)30)29(31,32)33)27(35)19-39-23-8-6-7-20(16-23)13-15-38-26-10-5-4-9-24(26)28(36)37/h4-12,16-17H,2-3,13-15,18-19H2,1H3,(H,36,37). The fraction of sp³-hybridized carbons (Fsp3) is 0.310. The molecular weight excluding hydrogens is 518 g/mol. The van der Waals surface area contributed by atoms with Crippen LogP contribution in [0, 0.1) is 5.82 Å². The Morgan fingerprint density at radius 2 is 1.74 bits per heavy atom. The van der Waals surface area contributed by atoms with Crippen molar-refractivity contribution in [2.24, 2.45) is 0 Å². The summed E-state index contributed by atoms with van der Waals surface area (Å²) in [7, 11) is 0. The van der Waals surface area contributed by atoms with E-state index < -0.39 is 29.4 Å². The molecule has 3 aromatic rings. The maximum Gasteiger partial charge on any atom is 0.416 e. The number of benzene rings is 3. The van der Waals surface area contributed by atoms with Gasteiger partial charge in [0.2, 0.25) is 0 Å². The minimum absolute atomic E-state index is 0.0149. The van der Waals surface area contributed by atoms with Crippen molar-refractivity contribution in [2.45, 2.75) is 38.9 Å². The van der Waals surface area contributed by atoms with Gasteiger partial charge in [-0.25, -0.2) is 9.18 Å². The van der Waals surface area contributed by atoms with E-state index >= 15 is 0 Å². The molecule has 0 spiro atoms. The number of amides is 1. The maximum atomic E-state index is 14.4. The highest BCUT2D eigenvalue weighted by atomic mass is 19.4. The molecule has 1 N–H and O–H groups in total. The average molecular weight is 548 g/mol. The monoisotopic (exact) mass is 547 g/mol. The Morgan fingerprint density at radius 3 is 2.44 bits per heavy atom. The van der Waals surface area contributed by atoms with E-state index in [0.29, 0.717) is 31.2 Å². The number of hydrogen-bond donors (Lipinski definition) is 1. The summed E-state index contributed by atoms with van der Waals surface area (Å²) < 4.78 is 64.3. The number of unbranched alkanes of at least 4 members (excludes halogenated alkanes) is 1. The van der Waals surface area contributed by atoms with Crippen molar-refractivity contribution in [3.8, 4) is 11.5 Å². The second-order valence-electron chi connectivity index (χ2n) is 8.81. The molecule has 10 heteroatoms. The molecule has 0 fully saturated rings. The highest BCUT2D eigenvalue weighted by molar-refractivity contribution is 5.90. The highest BCUT2D eigenvalue weighted by Gasteiger charge is 2.31. The van der Waals surface area contributed by atoms with Crippen LogP contribution < -0.4 is 9.47 Å². The molecule has 0 saturated heterocycles.